The van der Waals surface area contributed by atoms with Crippen molar-refractivity contribution in [3.8, 4) is 5.75 Å². The third kappa shape index (κ3) is 1.75. The van der Waals surface area contributed by atoms with Gasteiger partial charge in [0.1, 0.15) is 11.9 Å². The standard InChI is InChI=1S/C17H14O6/c1-6-3-4-8(18)13-11(6)15(20)12-7(2)22-9-5-10(19)23-17(9)14(12)16(13)21/h3-4,7,9,17-18H,5H2,1-2H3/t7-,9-,17+/m0/s1. The summed E-state index contributed by atoms with van der Waals surface area (Å²) in [6, 6.07) is 2.99. The minimum absolute atomic E-state index is 0.00968. The van der Waals surface area contributed by atoms with Gasteiger partial charge < -0.3 is 14.6 Å². The molecular weight excluding hydrogens is 300 g/mol. The molecule has 1 aromatic carbocycles. The van der Waals surface area contributed by atoms with Crippen molar-refractivity contribution < 1.29 is 29.0 Å². The van der Waals surface area contributed by atoms with Crippen molar-refractivity contribution in [3.63, 3.8) is 0 Å². The molecule has 1 N–H and O–H groups in total. The number of fused-ring (bicyclic) bond motifs is 3. The van der Waals surface area contributed by atoms with E-state index >= 15 is 0 Å². The summed E-state index contributed by atoms with van der Waals surface area (Å²) in [4.78, 5) is 37.4. The van der Waals surface area contributed by atoms with E-state index in [1.165, 1.54) is 6.07 Å². The highest BCUT2D eigenvalue weighted by Crippen LogP contribution is 2.43. The minimum Gasteiger partial charge on any atom is -0.507 e. The Morgan fingerprint density at radius 2 is 1.78 bits per heavy atom. The second kappa shape index (κ2) is 4.52. The molecule has 4 rings (SSSR count). The van der Waals surface area contributed by atoms with Gasteiger partial charge in [-0.2, -0.15) is 0 Å². The molecule has 1 saturated heterocycles. The van der Waals surface area contributed by atoms with Gasteiger partial charge in [0.15, 0.2) is 17.7 Å². The highest BCUT2D eigenvalue weighted by Gasteiger charge is 2.51. The number of hydrogen-bond acceptors (Lipinski definition) is 6. The van der Waals surface area contributed by atoms with Gasteiger partial charge in [0, 0.05) is 11.1 Å². The number of aryl methyl sites for hydroxylation is 1. The first-order valence-electron chi connectivity index (χ1n) is 7.41. The Kier molecular flexibility index (Phi) is 2.78. The maximum atomic E-state index is 12.9. The summed E-state index contributed by atoms with van der Waals surface area (Å²) >= 11 is 0. The summed E-state index contributed by atoms with van der Waals surface area (Å²) in [7, 11) is 0. The Hall–Kier alpha value is -2.47. The molecule has 1 aromatic rings. The van der Waals surface area contributed by atoms with Gasteiger partial charge in [-0.3, -0.25) is 14.4 Å². The Morgan fingerprint density at radius 1 is 1.09 bits per heavy atom. The highest BCUT2D eigenvalue weighted by molar-refractivity contribution is 6.29. The Morgan fingerprint density at radius 3 is 2.52 bits per heavy atom. The van der Waals surface area contributed by atoms with Crippen LogP contribution >= 0.6 is 0 Å². The molecule has 0 aromatic heterocycles. The summed E-state index contributed by atoms with van der Waals surface area (Å²) in [6.45, 7) is 3.39. The number of Topliss-reactive ketones (excluding diaryl/α,β-unsaturated/α-hetero) is 2. The summed E-state index contributed by atoms with van der Waals surface area (Å²) in [6.07, 6.45) is -1.99. The van der Waals surface area contributed by atoms with Crippen LogP contribution in [-0.2, 0) is 14.3 Å². The molecule has 1 aliphatic carbocycles. The van der Waals surface area contributed by atoms with Crippen LogP contribution in [0.1, 0.15) is 39.6 Å². The number of ketones is 2. The van der Waals surface area contributed by atoms with Crippen LogP contribution in [0.3, 0.4) is 0 Å². The minimum atomic E-state index is -0.877. The van der Waals surface area contributed by atoms with Gasteiger partial charge in [-0.25, -0.2) is 0 Å². The molecule has 0 radical (unpaired) electrons. The summed E-state index contributed by atoms with van der Waals surface area (Å²) in [5, 5.41) is 10.1. The van der Waals surface area contributed by atoms with Crippen LogP contribution in [0.2, 0.25) is 0 Å². The first kappa shape index (κ1) is 14.1. The molecular formula is C17H14O6. The number of rotatable bonds is 0. The lowest BCUT2D eigenvalue weighted by Crippen LogP contribution is -2.44. The second-order valence-electron chi connectivity index (χ2n) is 6.07. The fourth-order valence-corrected chi connectivity index (χ4v) is 3.65. The molecule has 0 bridgehead atoms. The predicted molar refractivity (Wildman–Crippen MR) is 77.4 cm³/mol. The summed E-state index contributed by atoms with van der Waals surface area (Å²) < 4.78 is 10.9. The zero-order chi connectivity index (χ0) is 16.5. The van der Waals surface area contributed by atoms with Crippen molar-refractivity contribution in [1.82, 2.24) is 0 Å². The zero-order valence-corrected chi connectivity index (χ0v) is 12.6. The lowest BCUT2D eigenvalue weighted by molar-refractivity contribution is -0.140. The van der Waals surface area contributed by atoms with E-state index < -0.39 is 30.1 Å². The molecule has 6 heteroatoms. The number of esters is 1. The average Bonchev–Trinajstić information content (AvgIpc) is 2.85. The van der Waals surface area contributed by atoms with Crippen LogP contribution in [0.5, 0.6) is 5.75 Å². The van der Waals surface area contributed by atoms with Crippen LogP contribution < -0.4 is 0 Å². The van der Waals surface area contributed by atoms with Gasteiger partial charge in [-0.15, -0.1) is 0 Å². The van der Waals surface area contributed by atoms with E-state index in [1.807, 2.05) is 0 Å². The molecule has 3 atom stereocenters. The predicted octanol–water partition coefficient (Wildman–Crippen LogP) is 1.48. The Balaban J connectivity index is 1.98. The lowest BCUT2D eigenvalue weighted by atomic mass is 9.76. The van der Waals surface area contributed by atoms with E-state index in [4.69, 9.17) is 9.47 Å². The Labute approximate surface area is 131 Å². The molecule has 3 aliphatic rings. The topological polar surface area (TPSA) is 89.9 Å². The molecule has 0 saturated carbocycles. The van der Waals surface area contributed by atoms with E-state index in [1.54, 1.807) is 19.9 Å². The molecule has 1 fully saturated rings. The fraction of sp³-hybridized carbons (Fsp3) is 0.353. The average molecular weight is 314 g/mol. The quantitative estimate of drug-likeness (QED) is 0.730. The van der Waals surface area contributed by atoms with Gasteiger partial charge in [0.2, 0.25) is 0 Å². The first-order chi connectivity index (χ1) is 10.9. The van der Waals surface area contributed by atoms with E-state index in [2.05, 4.69) is 0 Å². The number of ether oxygens (including phenoxy) is 2. The molecule has 2 heterocycles. The van der Waals surface area contributed by atoms with Gasteiger partial charge >= 0.3 is 5.97 Å². The normalized spacial score (nSPS) is 29.1. The van der Waals surface area contributed by atoms with Crippen LogP contribution in [0.15, 0.2) is 23.3 Å². The summed E-state index contributed by atoms with van der Waals surface area (Å²) in [5.74, 6) is -1.51. The van der Waals surface area contributed by atoms with Crippen molar-refractivity contribution in [1.29, 1.82) is 0 Å². The second-order valence-corrected chi connectivity index (χ2v) is 6.07. The van der Waals surface area contributed by atoms with E-state index in [0.717, 1.165) is 0 Å². The maximum absolute atomic E-state index is 12.9. The lowest BCUT2D eigenvalue weighted by Gasteiger charge is -2.35. The number of carbonyl (C=O) groups is 3. The van der Waals surface area contributed by atoms with Crippen molar-refractivity contribution >= 4 is 17.5 Å². The van der Waals surface area contributed by atoms with Crippen molar-refractivity contribution in [2.75, 3.05) is 0 Å². The van der Waals surface area contributed by atoms with E-state index in [-0.39, 0.29) is 40.2 Å². The highest BCUT2D eigenvalue weighted by atomic mass is 16.6. The molecule has 2 aliphatic heterocycles. The largest absolute Gasteiger partial charge is 0.507 e. The number of hydrogen-bond donors (Lipinski definition) is 1. The number of phenolic OH excluding ortho intramolecular Hbond substituents is 1. The van der Waals surface area contributed by atoms with E-state index in [0.29, 0.717) is 5.56 Å². The van der Waals surface area contributed by atoms with Crippen LogP contribution in [0.4, 0.5) is 0 Å². The maximum Gasteiger partial charge on any atom is 0.309 e. The zero-order valence-electron chi connectivity index (χ0n) is 12.6. The van der Waals surface area contributed by atoms with Crippen molar-refractivity contribution in [2.24, 2.45) is 0 Å². The first-order valence-corrected chi connectivity index (χ1v) is 7.41. The van der Waals surface area contributed by atoms with Gasteiger partial charge in [0.25, 0.3) is 0 Å². The number of aromatic hydroxyl groups is 1. The third-order valence-corrected chi connectivity index (χ3v) is 4.66. The van der Waals surface area contributed by atoms with Gasteiger partial charge in [-0.1, -0.05) is 6.07 Å². The summed E-state index contributed by atoms with van der Waals surface area (Å²) in [5.41, 5.74) is 1.18. The van der Waals surface area contributed by atoms with Crippen LogP contribution in [-0.4, -0.2) is 41.0 Å². The SMILES string of the molecule is Cc1ccc(O)c2c1C(=O)C1=C(C2=O)[C@@H]2OC(=O)C[C@@H]2O[C@H]1C. The van der Waals surface area contributed by atoms with Crippen molar-refractivity contribution in [2.45, 2.75) is 38.6 Å². The monoisotopic (exact) mass is 314 g/mol. The van der Waals surface area contributed by atoms with Crippen molar-refractivity contribution in [3.05, 3.63) is 40.0 Å². The van der Waals surface area contributed by atoms with Crippen LogP contribution in [0.25, 0.3) is 0 Å². The van der Waals surface area contributed by atoms with Gasteiger partial charge in [0.05, 0.1) is 23.7 Å². The molecule has 6 nitrogen and oxygen atoms in total. The fourth-order valence-electron chi connectivity index (χ4n) is 3.65. The molecule has 0 amide bonds. The van der Waals surface area contributed by atoms with Gasteiger partial charge in [-0.05, 0) is 25.5 Å². The number of phenols is 1. The van der Waals surface area contributed by atoms with E-state index in [9.17, 15) is 19.5 Å². The molecule has 23 heavy (non-hydrogen) atoms. The molecule has 0 spiro atoms. The number of benzene rings is 1. The molecule has 118 valence electrons. The smallest absolute Gasteiger partial charge is 0.309 e. The molecule has 0 unspecified atom stereocenters. The Bertz CT molecular complexity index is 819. The third-order valence-electron chi connectivity index (χ3n) is 4.66. The number of carbonyl (C=O) groups excluding carboxylic acids is 3. The van der Waals surface area contributed by atoms with Crippen LogP contribution in [0, 0.1) is 6.92 Å².